The molecule has 0 aliphatic carbocycles. The number of amides is 6. The minimum absolute atomic E-state index is 0.00318. The molecule has 6 unspecified atom stereocenters. The molecule has 6 amide bonds. The highest BCUT2D eigenvalue weighted by atomic mass is 16.7. The van der Waals surface area contributed by atoms with Crippen molar-refractivity contribution in [3.05, 3.63) is 34.9 Å². The molecule has 36 heteroatoms. The summed E-state index contributed by atoms with van der Waals surface area (Å²) in [6, 6.07) is 0.363. The third kappa shape index (κ3) is 36.6. The van der Waals surface area contributed by atoms with Crippen LogP contribution in [0.2, 0.25) is 0 Å². The molecule has 4 heterocycles. The van der Waals surface area contributed by atoms with Crippen LogP contribution in [0, 0.1) is 53.3 Å². The van der Waals surface area contributed by atoms with Gasteiger partial charge in [0, 0.05) is 129 Å². The summed E-state index contributed by atoms with van der Waals surface area (Å²) in [4.78, 5) is 169. The van der Waals surface area contributed by atoms with Gasteiger partial charge in [-0.2, -0.15) is 0 Å². The van der Waals surface area contributed by atoms with Gasteiger partial charge in [0.05, 0.1) is 109 Å². The fourth-order valence-electron chi connectivity index (χ4n) is 14.9. The molecule has 4 aliphatic heterocycles. The Balaban J connectivity index is 1.28. The van der Waals surface area contributed by atoms with E-state index < -0.39 is 127 Å². The van der Waals surface area contributed by atoms with Crippen molar-refractivity contribution in [3.8, 4) is 0 Å². The zero-order chi connectivity index (χ0) is 89.4. The summed E-state index contributed by atoms with van der Waals surface area (Å²) < 4.78 is 93.5. The number of esters is 4. The lowest BCUT2D eigenvalue weighted by atomic mass is 9.79. The van der Waals surface area contributed by atoms with Crippen molar-refractivity contribution in [2.24, 2.45) is 59.0 Å². The second-order valence-corrected chi connectivity index (χ2v) is 32.0. The van der Waals surface area contributed by atoms with Crippen LogP contribution in [0.3, 0.4) is 0 Å². The lowest BCUT2D eigenvalue weighted by Gasteiger charge is -2.44. The fourth-order valence-corrected chi connectivity index (χ4v) is 14.9. The van der Waals surface area contributed by atoms with E-state index in [-0.39, 0.29) is 276 Å². The zero-order valence-corrected chi connectivity index (χ0v) is 73.6. The topological polar surface area (TPSA) is 468 Å². The van der Waals surface area contributed by atoms with E-state index in [4.69, 9.17) is 81.5 Å². The van der Waals surface area contributed by atoms with Crippen LogP contribution in [0.4, 0.5) is 0 Å². The predicted octanol–water partition coefficient (Wildman–Crippen LogP) is 4.24. The summed E-state index contributed by atoms with van der Waals surface area (Å²) >= 11 is 0. The SMILES string of the molecule is CC[C@H]1OC(OCCOCCNC(=O)CCC(NC(=O)c2cc(CC(=O)CN)cc(C(=O)NC(CCC(=O)CCCOCCOC3O[C@H](COC(C)=O)[C@H](OC(C)=O)[C@H](C)[C@H]3C)C(=O)NCCOCCOC3O[C@H](COC(C)=O)[C@H](C)[C@H](C)[C@H]3C)c2)C(=O)CCCOCCOC2O[C@H](COC(C)=O)[C@H](C)[C@H](C)[C@H]2NC(C)=O)[C@H](NC(C)=O)[C@@H](C)[C@H]1C. The quantitative estimate of drug-likeness (QED) is 0.0272. The van der Waals surface area contributed by atoms with Crippen molar-refractivity contribution >= 4 is 76.7 Å². The van der Waals surface area contributed by atoms with Gasteiger partial charge in [-0.25, -0.2) is 0 Å². The monoisotopic (exact) mass is 1720 g/mol. The van der Waals surface area contributed by atoms with Gasteiger partial charge < -0.3 is 113 Å². The van der Waals surface area contributed by atoms with E-state index in [0.717, 1.165) is 6.42 Å². The maximum Gasteiger partial charge on any atom is 0.303 e. The second kappa shape index (κ2) is 54.9. The Morgan fingerprint density at radius 3 is 1.32 bits per heavy atom. The molecule has 22 atom stereocenters. The molecule has 4 aliphatic rings. The number of nitrogens with one attached hydrogen (secondary N) is 6. The van der Waals surface area contributed by atoms with Crippen molar-refractivity contribution in [2.45, 2.75) is 255 Å². The van der Waals surface area contributed by atoms with Crippen LogP contribution in [0.5, 0.6) is 0 Å². The molecule has 0 spiro atoms. The maximum absolute atomic E-state index is 14.7. The Bertz CT molecular complexity index is 3460. The van der Waals surface area contributed by atoms with E-state index in [1.807, 2.05) is 55.4 Å². The summed E-state index contributed by atoms with van der Waals surface area (Å²) in [6.07, 6.45) is -5.46. The lowest BCUT2D eigenvalue weighted by Crippen LogP contribution is -2.58. The smallest absolute Gasteiger partial charge is 0.303 e. The average Bonchev–Trinajstić information content (AvgIpc) is 0.818. The van der Waals surface area contributed by atoms with E-state index >= 15 is 0 Å². The van der Waals surface area contributed by atoms with Gasteiger partial charge in [0.15, 0.2) is 36.7 Å². The molecule has 36 nitrogen and oxygen atoms in total. The number of carbonyl (C=O) groups excluding carboxylic acids is 13. The normalized spacial score (nSPS) is 27.0. The highest BCUT2D eigenvalue weighted by molar-refractivity contribution is 6.03. The third-order valence-corrected chi connectivity index (χ3v) is 22.8. The molecule has 4 saturated heterocycles. The molecular formula is C85H137N7O29. The second-order valence-electron chi connectivity index (χ2n) is 32.0. The van der Waals surface area contributed by atoms with E-state index in [0.29, 0.717) is 0 Å². The molecule has 1 aromatic rings. The van der Waals surface area contributed by atoms with Gasteiger partial charge in [-0.1, -0.05) is 69.2 Å². The Hall–Kier alpha value is -7.59. The van der Waals surface area contributed by atoms with Crippen LogP contribution in [0.15, 0.2) is 18.2 Å². The summed E-state index contributed by atoms with van der Waals surface area (Å²) in [5.41, 5.74) is 5.59. The molecule has 0 aromatic heterocycles. The summed E-state index contributed by atoms with van der Waals surface area (Å²) in [7, 11) is 0. The summed E-state index contributed by atoms with van der Waals surface area (Å²) in [5, 5.41) is 16.9. The fraction of sp³-hybridized carbons (Fsp3) is 0.776. The van der Waals surface area contributed by atoms with Crippen LogP contribution in [-0.4, -0.2) is 275 Å². The minimum atomic E-state index is -1.36. The Kier molecular flexibility index (Phi) is 47.2. The summed E-state index contributed by atoms with van der Waals surface area (Å²) in [6.45, 7) is 28.5. The van der Waals surface area contributed by atoms with Gasteiger partial charge in [-0.3, -0.25) is 62.3 Å². The van der Waals surface area contributed by atoms with Crippen LogP contribution < -0.4 is 37.6 Å². The first-order chi connectivity index (χ1) is 57.5. The highest BCUT2D eigenvalue weighted by Crippen LogP contribution is 2.38. The summed E-state index contributed by atoms with van der Waals surface area (Å²) in [5.74, 6) is -6.74. The molecule has 0 bridgehead atoms. The average molecular weight is 1720 g/mol. The number of benzene rings is 1. The molecule has 0 radical (unpaired) electrons. The molecule has 5 rings (SSSR count). The number of hydrogen-bond acceptors (Lipinski definition) is 30. The van der Waals surface area contributed by atoms with Crippen molar-refractivity contribution in [1.29, 1.82) is 0 Å². The molecule has 1 aromatic carbocycles. The van der Waals surface area contributed by atoms with E-state index in [9.17, 15) is 62.3 Å². The largest absolute Gasteiger partial charge is 0.463 e. The van der Waals surface area contributed by atoms with Gasteiger partial charge in [-0.05, 0) is 91.4 Å². The Labute approximate surface area is 711 Å². The molecular weight excluding hydrogens is 1580 g/mol. The molecule has 686 valence electrons. The predicted molar refractivity (Wildman–Crippen MR) is 435 cm³/mol. The zero-order valence-electron chi connectivity index (χ0n) is 73.6. The number of carbonyl (C=O) groups is 13. The molecule has 4 fully saturated rings. The van der Waals surface area contributed by atoms with Crippen LogP contribution >= 0.6 is 0 Å². The van der Waals surface area contributed by atoms with E-state index in [1.165, 1.54) is 59.7 Å². The first kappa shape index (κ1) is 104. The lowest BCUT2D eigenvalue weighted by molar-refractivity contribution is -0.275. The Morgan fingerprint density at radius 1 is 0.413 bits per heavy atom. The minimum Gasteiger partial charge on any atom is -0.463 e. The number of rotatable bonds is 55. The highest BCUT2D eigenvalue weighted by Gasteiger charge is 2.47. The Morgan fingerprint density at radius 2 is 0.835 bits per heavy atom. The first-order valence-corrected chi connectivity index (χ1v) is 42.6. The molecule has 8 N–H and O–H groups in total. The van der Waals surface area contributed by atoms with Gasteiger partial charge in [0.1, 0.15) is 43.9 Å². The number of ketones is 3. The van der Waals surface area contributed by atoms with Crippen molar-refractivity contribution in [1.82, 2.24) is 31.9 Å². The van der Waals surface area contributed by atoms with Gasteiger partial charge in [0.2, 0.25) is 23.6 Å². The van der Waals surface area contributed by atoms with Crippen molar-refractivity contribution in [3.63, 3.8) is 0 Å². The van der Waals surface area contributed by atoms with E-state index in [2.05, 4.69) is 45.7 Å². The molecule has 0 saturated carbocycles. The van der Waals surface area contributed by atoms with Gasteiger partial charge in [-0.15, -0.1) is 0 Å². The third-order valence-electron chi connectivity index (χ3n) is 22.8. The van der Waals surface area contributed by atoms with Crippen LogP contribution in [0.1, 0.15) is 195 Å². The van der Waals surface area contributed by atoms with Crippen LogP contribution in [-0.2, 0) is 135 Å². The number of Topliss-reactive ketones (excluding diaryl/α,β-unsaturated/α-hetero) is 3. The van der Waals surface area contributed by atoms with Crippen LogP contribution in [0.25, 0.3) is 0 Å². The number of hydrogen-bond donors (Lipinski definition) is 7. The maximum atomic E-state index is 14.7. The molecule has 121 heavy (non-hydrogen) atoms. The standard InChI is InChI=1S/C85H137N7O29/c1-17-71-50(4)52(6)76(89-57(11)93)84(118-71)112-39-35-108-30-26-87-75(102)25-24-68(70(101)21-19-29-107-33-38-113-85-77(90-58(12)94)53(7)51(5)73(120-85)46-115-60(14)96)91-79(103)64-40-63(42-67(100)44-86)41-65(43-64)80(104)92-69(81(105)88-27-31-109-34-37-110-82-55(9)48(2)49(3)72(119-82)45-114-59(13)95)23-22-66(99)20-18-28-106-32-36-111-83-56(10)54(8)78(117-62(16)98)74(121-83)47-116-61(15)97/h40-41,43,48-56,68-69,71-74,76-78,82-85H,17-39,42,44-47,86H2,1-16H3,(H,87,102)(H,88,105)(H,89,93)(H,90,94)(H,91,103)(H,92,104)/t48-,49+,50+,51+,52-,53-,54+,55+,56+,68?,69?,71+,72+,73+,74+,76+,77+,78+,82?,83?,84?,85?/m0/s1. The van der Waals surface area contributed by atoms with Crippen molar-refractivity contribution in [2.75, 3.05) is 119 Å². The number of ether oxygens (including phenoxy) is 16. The first-order valence-electron chi connectivity index (χ1n) is 42.6. The number of nitrogens with two attached hydrogens (primary N) is 1. The van der Waals surface area contributed by atoms with Gasteiger partial charge >= 0.3 is 23.9 Å². The van der Waals surface area contributed by atoms with E-state index in [1.54, 1.807) is 0 Å². The van der Waals surface area contributed by atoms with Crippen molar-refractivity contribution < 1.29 is 138 Å². The van der Waals surface area contributed by atoms with Gasteiger partial charge in [0.25, 0.3) is 11.8 Å².